The van der Waals surface area contributed by atoms with Gasteiger partial charge in [-0.05, 0) is 61.1 Å². The van der Waals surface area contributed by atoms with Crippen molar-refractivity contribution in [2.75, 3.05) is 23.7 Å². The third-order valence-electron chi connectivity index (χ3n) is 8.76. The first-order valence-corrected chi connectivity index (χ1v) is 16.2. The number of rotatable bonds is 10. The van der Waals surface area contributed by atoms with Crippen molar-refractivity contribution < 1.29 is 19.2 Å². The molecule has 0 aliphatic carbocycles. The second-order valence-electron chi connectivity index (χ2n) is 12.5. The van der Waals surface area contributed by atoms with Crippen molar-refractivity contribution in [3.63, 3.8) is 0 Å². The number of aromatic nitrogens is 4. The summed E-state index contributed by atoms with van der Waals surface area (Å²) in [5.74, 6) is -0.554. The fourth-order valence-electron chi connectivity index (χ4n) is 6.30. The van der Waals surface area contributed by atoms with Gasteiger partial charge in [-0.1, -0.05) is 36.4 Å². The van der Waals surface area contributed by atoms with E-state index in [4.69, 9.17) is 0 Å². The SMILES string of the molecule is Cn1cnc(CC(=O)N2CCC[C@@H]2C(=O)Nc2ccc(/C=C/c3ccc(NC(=O)[C@H]4CCCN4C(=O)Cc4cn(C)cn4)cc3)cc2)c1. The van der Waals surface area contributed by atoms with Crippen LogP contribution in [0, 0.1) is 0 Å². The molecular weight excluding hydrogens is 608 g/mol. The number of imidazole rings is 2. The Morgan fingerprint density at radius 3 is 1.42 bits per heavy atom. The molecule has 2 aliphatic rings. The van der Waals surface area contributed by atoms with Crippen LogP contribution in [0.4, 0.5) is 11.4 Å². The van der Waals surface area contributed by atoms with Gasteiger partial charge in [-0.3, -0.25) is 19.2 Å². The van der Waals surface area contributed by atoms with Gasteiger partial charge >= 0.3 is 0 Å². The van der Waals surface area contributed by atoms with Gasteiger partial charge < -0.3 is 29.6 Å². The Morgan fingerprint density at radius 2 is 1.06 bits per heavy atom. The van der Waals surface area contributed by atoms with E-state index < -0.39 is 12.1 Å². The number of carbonyl (C=O) groups excluding carboxylic acids is 4. The number of hydrogen-bond donors (Lipinski definition) is 2. The van der Waals surface area contributed by atoms with Crippen molar-refractivity contribution in [2.45, 2.75) is 50.6 Å². The number of benzene rings is 2. The molecule has 0 saturated carbocycles. The van der Waals surface area contributed by atoms with Crippen LogP contribution in [-0.4, -0.2) is 77.7 Å². The van der Waals surface area contributed by atoms with E-state index in [1.807, 2.05) is 87.2 Å². The van der Waals surface area contributed by atoms with E-state index in [9.17, 15) is 19.2 Å². The Morgan fingerprint density at radius 1 is 0.667 bits per heavy atom. The minimum absolute atomic E-state index is 0.0910. The van der Waals surface area contributed by atoms with Crippen molar-refractivity contribution in [2.24, 2.45) is 14.1 Å². The summed E-state index contributed by atoms with van der Waals surface area (Å²) in [6.45, 7) is 1.13. The number of amides is 4. The summed E-state index contributed by atoms with van der Waals surface area (Å²) in [5.41, 5.74) is 4.63. The van der Waals surface area contributed by atoms with Gasteiger partial charge in [0.15, 0.2) is 0 Å². The van der Waals surface area contributed by atoms with Crippen LogP contribution < -0.4 is 10.6 Å². The van der Waals surface area contributed by atoms with Crippen molar-refractivity contribution in [1.82, 2.24) is 28.9 Å². The summed E-state index contributed by atoms with van der Waals surface area (Å²) < 4.78 is 3.60. The summed E-state index contributed by atoms with van der Waals surface area (Å²) in [6.07, 6.45) is 14.1. The molecule has 2 aromatic heterocycles. The molecule has 2 atom stereocenters. The van der Waals surface area contributed by atoms with E-state index in [-0.39, 0.29) is 36.5 Å². The molecule has 2 fully saturated rings. The second-order valence-corrected chi connectivity index (χ2v) is 12.5. The van der Waals surface area contributed by atoms with E-state index in [0.29, 0.717) is 48.7 Å². The van der Waals surface area contributed by atoms with Gasteiger partial charge in [0.25, 0.3) is 0 Å². The van der Waals surface area contributed by atoms with Gasteiger partial charge in [0.1, 0.15) is 12.1 Å². The Balaban J connectivity index is 0.984. The lowest BCUT2D eigenvalue weighted by Crippen LogP contribution is -2.43. The second kappa shape index (κ2) is 14.5. The van der Waals surface area contributed by atoms with Gasteiger partial charge in [0.2, 0.25) is 23.6 Å². The van der Waals surface area contributed by atoms with Crippen LogP contribution in [0.2, 0.25) is 0 Å². The number of nitrogens with zero attached hydrogens (tertiary/aromatic N) is 6. The summed E-state index contributed by atoms with van der Waals surface area (Å²) in [6, 6.07) is 14.1. The maximum Gasteiger partial charge on any atom is 0.247 e. The van der Waals surface area contributed by atoms with Crippen molar-refractivity contribution in [1.29, 1.82) is 0 Å². The zero-order chi connectivity index (χ0) is 33.6. The Hall–Kier alpha value is -5.52. The van der Waals surface area contributed by atoms with Crippen LogP contribution in [0.5, 0.6) is 0 Å². The van der Waals surface area contributed by atoms with E-state index in [0.717, 1.165) is 24.0 Å². The summed E-state index contributed by atoms with van der Waals surface area (Å²) in [5, 5.41) is 5.93. The number of anilines is 2. The van der Waals surface area contributed by atoms with Crippen LogP contribution in [0.25, 0.3) is 12.2 Å². The van der Waals surface area contributed by atoms with Gasteiger partial charge in [-0.2, -0.15) is 0 Å². The molecule has 48 heavy (non-hydrogen) atoms. The lowest BCUT2D eigenvalue weighted by Gasteiger charge is -2.23. The normalized spacial score (nSPS) is 17.6. The summed E-state index contributed by atoms with van der Waals surface area (Å²) >= 11 is 0. The average Bonchev–Trinajstić information content (AvgIpc) is 3.90. The predicted molar refractivity (Wildman–Crippen MR) is 182 cm³/mol. The largest absolute Gasteiger partial charge is 0.340 e. The molecule has 2 N–H and O–H groups in total. The third kappa shape index (κ3) is 7.88. The van der Waals surface area contributed by atoms with E-state index in [2.05, 4.69) is 20.6 Å². The van der Waals surface area contributed by atoms with Crippen LogP contribution in [0.15, 0.2) is 73.6 Å². The lowest BCUT2D eigenvalue weighted by molar-refractivity contribution is -0.136. The lowest BCUT2D eigenvalue weighted by atomic mass is 10.1. The van der Waals surface area contributed by atoms with Gasteiger partial charge in [-0.25, -0.2) is 9.97 Å². The topological polar surface area (TPSA) is 134 Å². The molecule has 0 unspecified atom stereocenters. The maximum atomic E-state index is 13.1. The van der Waals surface area contributed by atoms with Crippen LogP contribution in [0.3, 0.4) is 0 Å². The molecule has 2 aliphatic heterocycles. The first kappa shape index (κ1) is 32.4. The zero-order valence-corrected chi connectivity index (χ0v) is 27.2. The quantitative estimate of drug-likeness (QED) is 0.252. The highest BCUT2D eigenvalue weighted by molar-refractivity contribution is 5.98. The number of aryl methyl sites for hydroxylation is 2. The average molecular weight is 649 g/mol. The molecule has 12 nitrogen and oxygen atoms in total. The minimum atomic E-state index is -0.495. The van der Waals surface area contributed by atoms with Crippen LogP contribution in [0.1, 0.15) is 48.2 Å². The molecule has 0 bridgehead atoms. The van der Waals surface area contributed by atoms with Gasteiger partial charge in [0, 0.05) is 51.0 Å². The van der Waals surface area contributed by atoms with Crippen LogP contribution >= 0.6 is 0 Å². The molecule has 0 spiro atoms. The Labute approximate surface area is 279 Å². The zero-order valence-electron chi connectivity index (χ0n) is 27.2. The van der Waals surface area contributed by atoms with E-state index >= 15 is 0 Å². The molecule has 12 heteroatoms. The first-order chi connectivity index (χ1) is 23.2. The molecule has 6 rings (SSSR count). The van der Waals surface area contributed by atoms with Crippen molar-refractivity contribution >= 4 is 47.2 Å². The minimum Gasteiger partial charge on any atom is -0.340 e. The summed E-state index contributed by atoms with van der Waals surface area (Å²) in [7, 11) is 3.72. The molecule has 2 aromatic carbocycles. The maximum absolute atomic E-state index is 13.1. The predicted octanol–water partition coefficient (Wildman–Crippen LogP) is 3.67. The number of likely N-dealkylation sites (tertiary alicyclic amines) is 2. The fraction of sp³-hybridized carbons (Fsp3) is 0.333. The fourth-order valence-corrected chi connectivity index (χ4v) is 6.30. The molecule has 248 valence electrons. The van der Waals surface area contributed by atoms with Crippen LogP contribution in [-0.2, 0) is 46.1 Å². The highest BCUT2D eigenvalue weighted by atomic mass is 16.2. The number of nitrogens with one attached hydrogen (secondary N) is 2. The van der Waals surface area contributed by atoms with Gasteiger partial charge in [-0.15, -0.1) is 0 Å². The van der Waals surface area contributed by atoms with Gasteiger partial charge in [0.05, 0.1) is 36.9 Å². The molecule has 4 amide bonds. The first-order valence-electron chi connectivity index (χ1n) is 16.2. The molecule has 4 aromatic rings. The molecule has 2 saturated heterocycles. The van der Waals surface area contributed by atoms with Crippen molar-refractivity contribution in [3.05, 3.63) is 96.1 Å². The highest BCUT2D eigenvalue weighted by Gasteiger charge is 2.35. The molecule has 0 radical (unpaired) electrons. The third-order valence-corrected chi connectivity index (χ3v) is 8.76. The monoisotopic (exact) mass is 648 g/mol. The molecular formula is C36H40N8O4. The van der Waals surface area contributed by atoms with Crippen molar-refractivity contribution in [3.8, 4) is 0 Å². The van der Waals surface area contributed by atoms with E-state index in [1.165, 1.54) is 0 Å². The number of hydrogen-bond acceptors (Lipinski definition) is 6. The Bertz CT molecular complexity index is 1680. The number of carbonyl (C=O) groups is 4. The highest BCUT2D eigenvalue weighted by Crippen LogP contribution is 2.23. The standard InChI is InChI=1S/C36H40N8O4/c1-41-21-29(37-23-41)19-33(45)43-17-3-5-31(43)35(47)39-27-13-9-25(10-14-27)7-8-26-11-15-28(16-12-26)40-36(48)32-6-4-18-44(32)34(46)20-30-22-42(2)24-38-30/h7-16,21-24,31-32H,3-6,17-20H2,1-2H3,(H,39,47)(H,40,48)/b8-7+/t31-,32-/m1/s1. The smallest absolute Gasteiger partial charge is 0.247 e. The molecule has 4 heterocycles. The summed E-state index contributed by atoms with van der Waals surface area (Å²) in [4.78, 5) is 63.7. The Kier molecular flexibility index (Phi) is 9.79. The van der Waals surface area contributed by atoms with E-state index in [1.54, 1.807) is 31.6 Å².